The van der Waals surface area contributed by atoms with Crippen LogP contribution in [0.15, 0.2) is 47.3 Å². The van der Waals surface area contributed by atoms with Gasteiger partial charge in [-0.25, -0.2) is 0 Å². The van der Waals surface area contributed by atoms with E-state index in [0.717, 1.165) is 29.7 Å². The Bertz CT molecular complexity index is 1170. The minimum Gasteiger partial charge on any atom is -0.496 e. The number of benzene rings is 2. The highest BCUT2D eigenvalue weighted by Gasteiger charge is 2.14. The molecule has 0 spiro atoms. The molecule has 1 heterocycles. The van der Waals surface area contributed by atoms with E-state index >= 15 is 0 Å². The molecular formula is C24H22N2O3. The van der Waals surface area contributed by atoms with Crippen molar-refractivity contribution in [1.82, 2.24) is 4.98 Å². The van der Waals surface area contributed by atoms with E-state index < -0.39 is 0 Å². The summed E-state index contributed by atoms with van der Waals surface area (Å²) in [5, 5.41) is 9.43. The fraction of sp³-hybridized carbons (Fsp3) is 0.250. The summed E-state index contributed by atoms with van der Waals surface area (Å²) in [6.45, 7) is 2.13. The summed E-state index contributed by atoms with van der Waals surface area (Å²) in [6.07, 6.45) is 3.44. The lowest BCUT2D eigenvalue weighted by molar-refractivity contribution is 0.296. The Morgan fingerprint density at radius 3 is 2.72 bits per heavy atom. The summed E-state index contributed by atoms with van der Waals surface area (Å²) in [5.41, 5.74) is 5.44. The number of H-pyrrole nitrogens is 1. The molecule has 0 saturated heterocycles. The van der Waals surface area contributed by atoms with E-state index in [1.165, 1.54) is 17.5 Å². The molecule has 146 valence electrons. The Labute approximate surface area is 169 Å². The quantitative estimate of drug-likeness (QED) is 0.709. The first kappa shape index (κ1) is 18.8. The van der Waals surface area contributed by atoms with E-state index in [1.807, 2.05) is 36.4 Å². The summed E-state index contributed by atoms with van der Waals surface area (Å²) in [6, 6.07) is 15.7. The molecule has 3 aromatic rings. The highest BCUT2D eigenvalue weighted by atomic mass is 16.5. The topological polar surface area (TPSA) is 75.1 Å². The van der Waals surface area contributed by atoms with Crippen LogP contribution in [0.4, 0.5) is 0 Å². The molecule has 0 saturated carbocycles. The van der Waals surface area contributed by atoms with Gasteiger partial charge in [-0.1, -0.05) is 12.1 Å². The minimum atomic E-state index is -0.380. The molecule has 0 amide bonds. The first-order valence-electron chi connectivity index (χ1n) is 9.65. The lowest BCUT2D eigenvalue weighted by Crippen LogP contribution is -2.12. The van der Waals surface area contributed by atoms with Gasteiger partial charge in [0.2, 0.25) is 0 Å². The average Bonchev–Trinajstić information content (AvgIpc) is 3.19. The Kier molecular flexibility index (Phi) is 5.09. The van der Waals surface area contributed by atoms with Crippen LogP contribution in [0.1, 0.15) is 34.4 Å². The maximum Gasteiger partial charge on any atom is 0.266 e. The van der Waals surface area contributed by atoms with Crippen LogP contribution >= 0.6 is 0 Å². The lowest BCUT2D eigenvalue weighted by atomic mass is 9.99. The van der Waals surface area contributed by atoms with Crippen LogP contribution in [0, 0.1) is 18.3 Å². The smallest absolute Gasteiger partial charge is 0.266 e. The Morgan fingerprint density at radius 2 is 1.93 bits per heavy atom. The number of aromatic nitrogens is 1. The van der Waals surface area contributed by atoms with Crippen molar-refractivity contribution in [2.24, 2.45) is 0 Å². The van der Waals surface area contributed by atoms with Crippen LogP contribution < -0.4 is 15.0 Å². The number of nitriles is 1. The number of rotatable bonds is 5. The monoisotopic (exact) mass is 386 g/mol. The number of nitrogens with one attached hydrogen (secondary N) is 1. The predicted molar refractivity (Wildman–Crippen MR) is 111 cm³/mol. The normalized spacial score (nSPS) is 12.3. The van der Waals surface area contributed by atoms with Gasteiger partial charge in [0, 0.05) is 16.8 Å². The average molecular weight is 386 g/mol. The molecule has 1 aliphatic carbocycles. The number of hydrogen-bond acceptors (Lipinski definition) is 4. The van der Waals surface area contributed by atoms with Crippen molar-refractivity contribution in [3.63, 3.8) is 0 Å². The number of aromatic amines is 1. The van der Waals surface area contributed by atoms with Gasteiger partial charge in [-0.05, 0) is 73.2 Å². The van der Waals surface area contributed by atoms with E-state index in [2.05, 4.69) is 17.1 Å². The number of methoxy groups -OCH3 is 1. The maximum atomic E-state index is 12.1. The van der Waals surface area contributed by atoms with Gasteiger partial charge in [-0.15, -0.1) is 0 Å². The number of hydrogen-bond donors (Lipinski definition) is 1. The van der Waals surface area contributed by atoms with Gasteiger partial charge in [0.15, 0.2) is 0 Å². The molecule has 29 heavy (non-hydrogen) atoms. The molecular weight excluding hydrogens is 364 g/mol. The van der Waals surface area contributed by atoms with Gasteiger partial charge < -0.3 is 14.5 Å². The molecule has 0 radical (unpaired) electrons. The highest BCUT2D eigenvalue weighted by Crippen LogP contribution is 2.30. The van der Waals surface area contributed by atoms with E-state index in [4.69, 9.17) is 9.47 Å². The van der Waals surface area contributed by atoms with E-state index in [1.54, 1.807) is 14.0 Å². The van der Waals surface area contributed by atoms with Crippen LogP contribution in [0.3, 0.4) is 0 Å². The number of fused-ring (bicyclic) bond motifs is 1. The molecule has 0 bridgehead atoms. The summed E-state index contributed by atoms with van der Waals surface area (Å²) in [4.78, 5) is 14.8. The number of aryl methyl sites for hydroxylation is 3. The predicted octanol–water partition coefficient (Wildman–Crippen LogP) is 4.30. The Morgan fingerprint density at radius 1 is 1.10 bits per heavy atom. The molecule has 0 fully saturated rings. The SMILES string of the molecule is COc1ccc(-c2cc(C)[nH]c(=O)c2C#N)cc1COc1ccc2c(c1)CCC2. The third-order valence-electron chi connectivity index (χ3n) is 5.34. The number of nitrogens with zero attached hydrogens (tertiary/aromatic N) is 1. The molecule has 1 aliphatic rings. The summed E-state index contributed by atoms with van der Waals surface area (Å²) in [7, 11) is 1.62. The first-order valence-corrected chi connectivity index (χ1v) is 9.65. The third-order valence-corrected chi connectivity index (χ3v) is 5.34. The zero-order valence-electron chi connectivity index (χ0n) is 16.5. The van der Waals surface area contributed by atoms with Crippen LogP contribution in [-0.2, 0) is 19.4 Å². The van der Waals surface area contributed by atoms with E-state index in [0.29, 0.717) is 23.6 Å². The molecule has 1 aromatic heterocycles. The van der Waals surface area contributed by atoms with Gasteiger partial charge in [0.05, 0.1) is 7.11 Å². The lowest BCUT2D eigenvalue weighted by Gasteiger charge is -2.14. The second kappa shape index (κ2) is 7.84. The molecule has 5 nitrogen and oxygen atoms in total. The molecule has 1 N–H and O–H groups in total. The molecule has 0 unspecified atom stereocenters. The van der Waals surface area contributed by atoms with Gasteiger partial charge in [-0.2, -0.15) is 5.26 Å². The number of pyridine rings is 1. The van der Waals surface area contributed by atoms with Crippen molar-refractivity contribution in [1.29, 1.82) is 5.26 Å². The van der Waals surface area contributed by atoms with Gasteiger partial charge >= 0.3 is 0 Å². The van der Waals surface area contributed by atoms with Crippen LogP contribution in [-0.4, -0.2) is 12.1 Å². The zero-order valence-corrected chi connectivity index (χ0v) is 16.5. The van der Waals surface area contributed by atoms with Gasteiger partial charge in [0.25, 0.3) is 5.56 Å². The van der Waals surface area contributed by atoms with E-state index in [9.17, 15) is 10.1 Å². The summed E-state index contributed by atoms with van der Waals surface area (Å²) >= 11 is 0. The molecule has 0 atom stereocenters. The van der Waals surface area contributed by atoms with Crippen LogP contribution in [0.5, 0.6) is 11.5 Å². The van der Waals surface area contributed by atoms with Crippen molar-refractivity contribution in [3.8, 4) is 28.7 Å². The molecule has 0 aliphatic heterocycles. The third kappa shape index (κ3) is 3.74. The van der Waals surface area contributed by atoms with Crippen molar-refractivity contribution < 1.29 is 9.47 Å². The Hall–Kier alpha value is -3.52. The largest absolute Gasteiger partial charge is 0.496 e. The fourth-order valence-electron chi connectivity index (χ4n) is 3.89. The first-order chi connectivity index (χ1) is 14.1. The molecule has 2 aromatic carbocycles. The summed E-state index contributed by atoms with van der Waals surface area (Å²) in [5.74, 6) is 1.54. The maximum absolute atomic E-state index is 12.1. The van der Waals surface area contributed by atoms with Crippen LogP contribution in [0.25, 0.3) is 11.1 Å². The van der Waals surface area contributed by atoms with Crippen LogP contribution in [0.2, 0.25) is 0 Å². The van der Waals surface area contributed by atoms with E-state index in [-0.39, 0.29) is 11.1 Å². The second-order valence-corrected chi connectivity index (χ2v) is 7.28. The Balaban J connectivity index is 1.66. The summed E-state index contributed by atoms with van der Waals surface area (Å²) < 4.78 is 11.5. The standard InChI is InChI=1S/C24H22N2O3/c1-15-10-21(22(13-25)24(27)26-15)18-7-9-23(28-2)19(11-18)14-29-20-8-6-16-4-3-5-17(16)12-20/h6-12H,3-5,14H2,1-2H3,(H,26,27). The zero-order chi connectivity index (χ0) is 20.4. The molecule has 4 rings (SSSR count). The van der Waals surface area contributed by atoms with Crippen molar-refractivity contribution in [3.05, 3.63) is 80.8 Å². The van der Waals surface area contributed by atoms with Crippen molar-refractivity contribution in [2.45, 2.75) is 32.8 Å². The number of ether oxygens (including phenoxy) is 2. The van der Waals surface area contributed by atoms with Gasteiger partial charge in [-0.3, -0.25) is 4.79 Å². The highest BCUT2D eigenvalue weighted by molar-refractivity contribution is 5.71. The van der Waals surface area contributed by atoms with Crippen molar-refractivity contribution >= 4 is 0 Å². The second-order valence-electron chi connectivity index (χ2n) is 7.28. The van der Waals surface area contributed by atoms with Gasteiger partial charge in [0.1, 0.15) is 29.7 Å². The minimum absolute atomic E-state index is 0.103. The fourth-order valence-corrected chi connectivity index (χ4v) is 3.89. The molecule has 5 heteroatoms. The van der Waals surface area contributed by atoms with Crippen molar-refractivity contribution in [2.75, 3.05) is 7.11 Å².